The summed E-state index contributed by atoms with van der Waals surface area (Å²) >= 11 is 0.739. The molecule has 1 amide bonds. The lowest BCUT2D eigenvalue weighted by Gasteiger charge is -2.12. The molecule has 27 heavy (non-hydrogen) atoms. The molecule has 0 aliphatic heterocycles. The van der Waals surface area contributed by atoms with Crippen molar-refractivity contribution in [2.45, 2.75) is 23.5 Å². The number of anilines is 1. The van der Waals surface area contributed by atoms with Crippen molar-refractivity contribution in [2.24, 2.45) is 7.05 Å². The molecule has 2 rings (SSSR count). The minimum absolute atomic E-state index is 0.0628. The van der Waals surface area contributed by atoms with Crippen LogP contribution in [0.15, 0.2) is 23.4 Å². The number of carbonyl (C=O) groups is 1. The Balaban J connectivity index is 2.15. The van der Waals surface area contributed by atoms with Gasteiger partial charge in [-0.3, -0.25) is 14.9 Å². The number of nitrogens with zero attached hydrogens (tertiary/aromatic N) is 4. The highest BCUT2D eigenvalue weighted by atomic mass is 32.2. The highest BCUT2D eigenvalue weighted by Crippen LogP contribution is 2.32. The molecule has 1 N–H and O–H groups in total. The Morgan fingerprint density at radius 3 is 2.59 bits per heavy atom. The minimum Gasteiger partial charge on any atom is -0.496 e. The Labute approximate surface area is 155 Å². The van der Waals surface area contributed by atoms with Crippen molar-refractivity contribution in [1.29, 1.82) is 0 Å². The quantitative estimate of drug-likeness (QED) is 0.447. The monoisotopic (exact) mass is 405 g/mol. The van der Waals surface area contributed by atoms with E-state index >= 15 is 0 Å². The summed E-state index contributed by atoms with van der Waals surface area (Å²) in [5.41, 5.74) is -0.440. The number of ether oxygens (including phenoxy) is 1. The molecule has 1 aromatic heterocycles. The molecular formula is C14H14F3N5O4S. The third-order valence-electron chi connectivity index (χ3n) is 3.40. The fourth-order valence-corrected chi connectivity index (χ4v) is 2.82. The van der Waals surface area contributed by atoms with Crippen molar-refractivity contribution in [3.63, 3.8) is 0 Å². The predicted molar refractivity (Wildman–Crippen MR) is 89.6 cm³/mol. The van der Waals surface area contributed by atoms with Gasteiger partial charge < -0.3 is 14.6 Å². The summed E-state index contributed by atoms with van der Waals surface area (Å²) in [5, 5.41) is 19.0. The van der Waals surface area contributed by atoms with Gasteiger partial charge in [0.05, 0.1) is 23.3 Å². The number of nitro groups is 1. The third-order valence-corrected chi connectivity index (χ3v) is 4.53. The van der Waals surface area contributed by atoms with Crippen LogP contribution in [-0.4, -0.2) is 38.0 Å². The predicted octanol–water partition coefficient (Wildman–Crippen LogP) is 2.87. The van der Waals surface area contributed by atoms with Crippen molar-refractivity contribution in [2.75, 3.05) is 12.4 Å². The van der Waals surface area contributed by atoms with Crippen LogP contribution in [0.5, 0.6) is 5.75 Å². The maximum Gasteiger partial charge on any atom is 0.451 e. The first kappa shape index (κ1) is 20.5. The van der Waals surface area contributed by atoms with Crippen molar-refractivity contribution in [3.8, 4) is 5.75 Å². The van der Waals surface area contributed by atoms with Crippen molar-refractivity contribution >= 4 is 29.0 Å². The number of amides is 1. The van der Waals surface area contributed by atoms with Crippen LogP contribution in [-0.2, 0) is 18.0 Å². The molecule has 0 bridgehead atoms. The molecule has 0 fully saturated rings. The van der Waals surface area contributed by atoms with Crippen LogP contribution in [0, 0.1) is 10.1 Å². The SMILES string of the molecule is COc1ccc(NC(=O)[C@H](C)Sc2nnc(C(F)(F)F)n2C)c([N+](=O)[O-])c1. The van der Waals surface area contributed by atoms with E-state index in [9.17, 15) is 28.1 Å². The molecule has 146 valence electrons. The molecule has 1 atom stereocenters. The fraction of sp³-hybridized carbons (Fsp3) is 0.357. The van der Waals surface area contributed by atoms with Gasteiger partial charge in [0, 0.05) is 7.05 Å². The van der Waals surface area contributed by atoms with Gasteiger partial charge in [0.25, 0.3) is 5.69 Å². The second kappa shape index (κ2) is 7.82. The van der Waals surface area contributed by atoms with E-state index in [0.717, 1.165) is 29.4 Å². The summed E-state index contributed by atoms with van der Waals surface area (Å²) in [5.74, 6) is -1.60. The van der Waals surface area contributed by atoms with Gasteiger partial charge >= 0.3 is 6.18 Å². The number of carbonyl (C=O) groups excluding carboxylic acids is 1. The van der Waals surface area contributed by atoms with Gasteiger partial charge in [-0.25, -0.2) is 0 Å². The lowest BCUT2D eigenvalue weighted by molar-refractivity contribution is -0.384. The number of nitro benzene ring substituents is 1. The summed E-state index contributed by atoms with van der Waals surface area (Å²) in [6.45, 7) is 1.43. The van der Waals surface area contributed by atoms with E-state index in [1.807, 2.05) is 0 Å². The molecule has 1 heterocycles. The Hall–Kier alpha value is -2.83. The summed E-state index contributed by atoms with van der Waals surface area (Å²) in [6, 6.07) is 3.88. The van der Waals surface area contributed by atoms with E-state index in [4.69, 9.17) is 4.74 Å². The zero-order chi connectivity index (χ0) is 20.4. The molecule has 0 saturated heterocycles. The van der Waals surface area contributed by atoms with Gasteiger partial charge in [0.1, 0.15) is 11.4 Å². The summed E-state index contributed by atoms with van der Waals surface area (Å²) < 4.78 is 43.9. The minimum atomic E-state index is -4.67. The van der Waals surface area contributed by atoms with Crippen molar-refractivity contribution < 1.29 is 27.6 Å². The lowest BCUT2D eigenvalue weighted by Crippen LogP contribution is -2.23. The van der Waals surface area contributed by atoms with E-state index in [2.05, 4.69) is 15.5 Å². The first-order valence-corrected chi connectivity index (χ1v) is 8.19. The first-order valence-electron chi connectivity index (χ1n) is 7.31. The molecule has 0 aliphatic rings. The third kappa shape index (κ3) is 4.67. The Kier molecular flexibility index (Phi) is 5.93. The number of benzene rings is 1. The highest BCUT2D eigenvalue weighted by Gasteiger charge is 2.38. The summed E-state index contributed by atoms with van der Waals surface area (Å²) in [7, 11) is 2.47. The van der Waals surface area contributed by atoms with Crippen molar-refractivity contribution in [1.82, 2.24) is 14.8 Å². The average molecular weight is 405 g/mol. The normalized spacial score (nSPS) is 12.5. The maximum absolute atomic E-state index is 12.7. The van der Waals surface area contributed by atoms with Crippen LogP contribution in [0.2, 0.25) is 0 Å². The number of hydrogen-bond acceptors (Lipinski definition) is 7. The Morgan fingerprint density at radius 2 is 2.07 bits per heavy atom. The molecule has 13 heteroatoms. The number of halogens is 3. The Bertz CT molecular complexity index is 871. The van der Waals surface area contributed by atoms with E-state index in [0.29, 0.717) is 0 Å². The zero-order valence-corrected chi connectivity index (χ0v) is 15.1. The molecule has 0 aliphatic carbocycles. The molecule has 1 aromatic carbocycles. The number of methoxy groups -OCH3 is 1. The second-order valence-electron chi connectivity index (χ2n) is 5.25. The fourth-order valence-electron chi connectivity index (χ4n) is 2.01. The smallest absolute Gasteiger partial charge is 0.451 e. The topological polar surface area (TPSA) is 112 Å². The number of rotatable bonds is 6. The zero-order valence-electron chi connectivity index (χ0n) is 14.3. The number of nitrogens with one attached hydrogen (secondary N) is 1. The van der Waals surface area contributed by atoms with Gasteiger partial charge in [-0.15, -0.1) is 10.2 Å². The first-order chi connectivity index (χ1) is 12.5. The maximum atomic E-state index is 12.7. The van der Waals surface area contributed by atoms with E-state index < -0.39 is 28.1 Å². The molecule has 2 aromatic rings. The van der Waals surface area contributed by atoms with Gasteiger partial charge in [0.2, 0.25) is 11.7 Å². The van der Waals surface area contributed by atoms with Crippen LogP contribution in [0.1, 0.15) is 12.7 Å². The lowest BCUT2D eigenvalue weighted by atomic mass is 10.2. The van der Waals surface area contributed by atoms with Crippen LogP contribution in [0.4, 0.5) is 24.5 Å². The average Bonchev–Trinajstić information content (AvgIpc) is 2.95. The van der Waals surface area contributed by atoms with Gasteiger partial charge in [0.15, 0.2) is 5.16 Å². The van der Waals surface area contributed by atoms with Gasteiger partial charge in [-0.2, -0.15) is 13.2 Å². The number of thioether (sulfide) groups is 1. The van der Waals surface area contributed by atoms with Gasteiger partial charge in [-0.05, 0) is 19.1 Å². The standard InChI is InChI=1S/C14H14F3N5O4S/c1-7(27-13-20-19-12(21(13)2)14(15,16)17)11(23)18-9-5-4-8(26-3)6-10(9)22(24)25/h4-7H,1-3H3,(H,18,23)/t7-/m0/s1. The van der Waals surface area contributed by atoms with Crippen LogP contribution in [0.25, 0.3) is 0 Å². The van der Waals surface area contributed by atoms with Crippen LogP contribution >= 0.6 is 11.8 Å². The number of aromatic nitrogens is 3. The van der Waals surface area contributed by atoms with E-state index in [1.54, 1.807) is 0 Å². The summed E-state index contributed by atoms with van der Waals surface area (Å²) in [6.07, 6.45) is -4.67. The molecule has 0 saturated carbocycles. The number of hydrogen-bond donors (Lipinski definition) is 1. The molecule has 0 spiro atoms. The summed E-state index contributed by atoms with van der Waals surface area (Å²) in [4.78, 5) is 22.7. The van der Waals surface area contributed by atoms with Crippen LogP contribution in [0.3, 0.4) is 0 Å². The number of alkyl halides is 3. The second-order valence-corrected chi connectivity index (χ2v) is 6.56. The molecular weight excluding hydrogens is 391 g/mol. The largest absolute Gasteiger partial charge is 0.496 e. The van der Waals surface area contributed by atoms with Gasteiger partial charge in [-0.1, -0.05) is 11.8 Å². The molecule has 0 unspecified atom stereocenters. The van der Waals surface area contributed by atoms with E-state index in [-0.39, 0.29) is 22.3 Å². The molecule has 9 nitrogen and oxygen atoms in total. The Morgan fingerprint density at radius 1 is 1.41 bits per heavy atom. The van der Waals surface area contributed by atoms with E-state index in [1.165, 1.54) is 26.2 Å². The molecule has 0 radical (unpaired) electrons. The van der Waals surface area contributed by atoms with Crippen molar-refractivity contribution in [3.05, 3.63) is 34.1 Å². The van der Waals surface area contributed by atoms with Crippen LogP contribution < -0.4 is 10.1 Å². The highest BCUT2D eigenvalue weighted by molar-refractivity contribution is 8.00.